The number of thioether (sulfide) groups is 1. The van der Waals surface area contributed by atoms with Crippen LogP contribution in [0.1, 0.15) is 20.3 Å². The van der Waals surface area contributed by atoms with E-state index in [9.17, 15) is 9.59 Å². The molecule has 2 rings (SSSR count). The van der Waals surface area contributed by atoms with E-state index in [4.69, 9.17) is 4.74 Å². The van der Waals surface area contributed by atoms with E-state index in [-0.39, 0.29) is 0 Å². The van der Waals surface area contributed by atoms with Gasteiger partial charge in [-0.15, -0.1) is 0 Å². The van der Waals surface area contributed by atoms with Crippen LogP contribution in [0.4, 0.5) is 0 Å². The van der Waals surface area contributed by atoms with Gasteiger partial charge in [0.05, 0.1) is 6.61 Å². The van der Waals surface area contributed by atoms with E-state index in [2.05, 4.69) is 23.8 Å². The van der Waals surface area contributed by atoms with Crippen LogP contribution in [0.2, 0.25) is 0 Å². The Morgan fingerprint density at radius 2 is 2.09 bits per heavy atom. The van der Waals surface area contributed by atoms with Crippen LogP contribution in [0.5, 0.6) is 0 Å². The van der Waals surface area contributed by atoms with Gasteiger partial charge in [-0.3, -0.25) is 14.3 Å². The Hall–Kier alpha value is -1.54. The number of rotatable bonds is 7. The fraction of sp³-hybridized carbons (Fsp3) is 0.643. The zero-order chi connectivity index (χ0) is 16.3. The van der Waals surface area contributed by atoms with E-state index in [1.165, 1.54) is 4.57 Å². The number of nitrogens with one attached hydrogen (secondary N) is 1. The highest BCUT2D eigenvalue weighted by atomic mass is 32.2. The molecule has 2 aromatic rings. The van der Waals surface area contributed by atoms with Crippen LogP contribution in [-0.2, 0) is 18.3 Å². The topological polar surface area (TPSA) is 81.9 Å². The third-order valence-electron chi connectivity index (χ3n) is 3.42. The summed E-state index contributed by atoms with van der Waals surface area (Å²) in [6, 6.07) is 0. The van der Waals surface area contributed by atoms with Gasteiger partial charge in [-0.25, -0.2) is 9.78 Å². The fourth-order valence-electron chi connectivity index (χ4n) is 2.10. The zero-order valence-corrected chi connectivity index (χ0v) is 14.2. The number of aromatic amines is 1. The Morgan fingerprint density at radius 3 is 2.73 bits per heavy atom. The number of imidazole rings is 1. The van der Waals surface area contributed by atoms with Gasteiger partial charge in [-0.05, 0) is 12.3 Å². The van der Waals surface area contributed by atoms with Crippen molar-refractivity contribution in [1.29, 1.82) is 0 Å². The van der Waals surface area contributed by atoms with Crippen molar-refractivity contribution in [1.82, 2.24) is 19.1 Å². The summed E-state index contributed by atoms with van der Waals surface area (Å²) in [7, 11) is 3.22. The predicted molar refractivity (Wildman–Crippen MR) is 87.6 cm³/mol. The molecule has 122 valence electrons. The van der Waals surface area contributed by atoms with Crippen LogP contribution < -0.4 is 11.2 Å². The second kappa shape index (κ2) is 7.15. The van der Waals surface area contributed by atoms with Gasteiger partial charge in [0, 0.05) is 26.5 Å². The Balaban J connectivity index is 2.49. The summed E-state index contributed by atoms with van der Waals surface area (Å²) < 4.78 is 8.32. The lowest BCUT2D eigenvalue weighted by Gasteiger charge is -2.08. The third kappa shape index (κ3) is 3.44. The third-order valence-corrected chi connectivity index (χ3v) is 4.43. The van der Waals surface area contributed by atoms with Gasteiger partial charge in [0.2, 0.25) is 0 Å². The molecule has 0 radical (unpaired) electrons. The Kier molecular flexibility index (Phi) is 5.47. The number of fused-ring (bicyclic) bond motifs is 1. The summed E-state index contributed by atoms with van der Waals surface area (Å²) in [4.78, 5) is 30.7. The first kappa shape index (κ1) is 16.8. The molecule has 0 fully saturated rings. The van der Waals surface area contributed by atoms with Gasteiger partial charge in [0.25, 0.3) is 5.56 Å². The molecule has 0 aliphatic rings. The standard InChI is InChI=1S/C14H22N4O3S/c1-9(2)5-8-22-14-15-11-10(18(14)6-7-21-4)12(19)16-13(20)17(11)3/h9H,5-8H2,1-4H3,(H,16,19,20). The first-order chi connectivity index (χ1) is 10.5. The fourth-order valence-corrected chi connectivity index (χ4v) is 3.36. The number of aromatic nitrogens is 4. The Morgan fingerprint density at radius 1 is 1.36 bits per heavy atom. The lowest BCUT2D eigenvalue weighted by molar-refractivity contribution is 0.186. The minimum absolute atomic E-state index is 0.405. The molecule has 8 heteroatoms. The smallest absolute Gasteiger partial charge is 0.329 e. The molecule has 22 heavy (non-hydrogen) atoms. The van der Waals surface area contributed by atoms with Gasteiger partial charge < -0.3 is 9.30 Å². The number of methoxy groups -OCH3 is 1. The van der Waals surface area contributed by atoms with Gasteiger partial charge in [-0.1, -0.05) is 25.6 Å². The molecule has 0 aliphatic heterocycles. The molecule has 0 unspecified atom stereocenters. The number of nitrogens with zero attached hydrogens (tertiary/aromatic N) is 3. The SMILES string of the molecule is COCCn1c(SCCC(C)C)nc2c1c(=O)[nH]c(=O)n2C. The van der Waals surface area contributed by atoms with Crippen molar-refractivity contribution in [2.24, 2.45) is 13.0 Å². The van der Waals surface area contributed by atoms with E-state index >= 15 is 0 Å². The van der Waals surface area contributed by atoms with Crippen molar-refractivity contribution in [3.63, 3.8) is 0 Å². The Bertz CT molecular complexity index is 760. The van der Waals surface area contributed by atoms with E-state index in [1.807, 2.05) is 4.57 Å². The number of hydrogen-bond acceptors (Lipinski definition) is 5. The van der Waals surface area contributed by atoms with Crippen molar-refractivity contribution in [2.45, 2.75) is 32.0 Å². The first-order valence-corrected chi connectivity index (χ1v) is 8.25. The van der Waals surface area contributed by atoms with Crippen LogP contribution in [0, 0.1) is 5.92 Å². The summed E-state index contributed by atoms with van der Waals surface area (Å²) >= 11 is 1.60. The van der Waals surface area contributed by atoms with Crippen LogP contribution in [0.3, 0.4) is 0 Å². The minimum Gasteiger partial charge on any atom is -0.383 e. The quantitative estimate of drug-likeness (QED) is 0.773. The van der Waals surface area contributed by atoms with Crippen LogP contribution >= 0.6 is 11.8 Å². The highest BCUT2D eigenvalue weighted by molar-refractivity contribution is 7.99. The molecule has 0 saturated carbocycles. The molecule has 0 atom stereocenters. The lowest BCUT2D eigenvalue weighted by Crippen LogP contribution is -2.29. The summed E-state index contributed by atoms with van der Waals surface area (Å²) in [5.41, 5.74) is -0.0202. The average molecular weight is 326 g/mol. The molecule has 1 N–H and O–H groups in total. The maximum Gasteiger partial charge on any atom is 0.329 e. The highest BCUT2D eigenvalue weighted by Crippen LogP contribution is 2.23. The van der Waals surface area contributed by atoms with Crippen molar-refractivity contribution in [3.8, 4) is 0 Å². The minimum atomic E-state index is -0.451. The highest BCUT2D eigenvalue weighted by Gasteiger charge is 2.17. The van der Waals surface area contributed by atoms with Crippen molar-refractivity contribution in [3.05, 3.63) is 20.8 Å². The molecule has 2 aromatic heterocycles. The molecule has 7 nitrogen and oxygen atoms in total. The monoisotopic (exact) mass is 326 g/mol. The largest absolute Gasteiger partial charge is 0.383 e. The Labute approximate surface area is 132 Å². The molecule has 2 heterocycles. The molecule has 0 spiro atoms. The number of ether oxygens (including phenoxy) is 1. The maximum absolute atomic E-state index is 12.2. The molecular formula is C14H22N4O3S. The first-order valence-electron chi connectivity index (χ1n) is 7.27. The zero-order valence-electron chi connectivity index (χ0n) is 13.4. The molecule has 0 bridgehead atoms. The van der Waals surface area contributed by atoms with E-state index in [1.54, 1.807) is 25.9 Å². The number of hydrogen-bond donors (Lipinski definition) is 1. The predicted octanol–water partition coefficient (Wildman–Crippen LogP) is 1.21. The van der Waals surface area contributed by atoms with Crippen LogP contribution in [0.15, 0.2) is 14.7 Å². The summed E-state index contributed by atoms with van der Waals surface area (Å²) in [5, 5.41) is 0.749. The molecule has 0 saturated heterocycles. The van der Waals surface area contributed by atoms with Crippen molar-refractivity contribution < 1.29 is 4.74 Å². The second-order valence-electron chi connectivity index (χ2n) is 5.56. The number of aryl methyl sites for hydroxylation is 1. The van der Waals surface area contributed by atoms with Gasteiger partial charge >= 0.3 is 5.69 Å². The number of H-pyrrole nitrogens is 1. The van der Waals surface area contributed by atoms with Gasteiger partial charge in [-0.2, -0.15) is 0 Å². The summed E-state index contributed by atoms with van der Waals surface area (Å²) in [6.45, 7) is 5.34. The van der Waals surface area contributed by atoms with Crippen LogP contribution in [0.25, 0.3) is 11.2 Å². The molecule has 0 amide bonds. The summed E-state index contributed by atoms with van der Waals surface area (Å²) in [5.74, 6) is 1.52. The summed E-state index contributed by atoms with van der Waals surface area (Å²) in [6.07, 6.45) is 1.06. The lowest BCUT2D eigenvalue weighted by atomic mass is 10.2. The average Bonchev–Trinajstić information content (AvgIpc) is 2.81. The van der Waals surface area contributed by atoms with Gasteiger partial charge in [0.1, 0.15) is 0 Å². The van der Waals surface area contributed by atoms with E-state index in [0.29, 0.717) is 30.2 Å². The van der Waals surface area contributed by atoms with E-state index < -0.39 is 11.2 Å². The maximum atomic E-state index is 12.2. The second-order valence-corrected chi connectivity index (χ2v) is 6.62. The molecular weight excluding hydrogens is 304 g/mol. The van der Waals surface area contributed by atoms with E-state index in [0.717, 1.165) is 17.3 Å². The normalized spacial score (nSPS) is 11.7. The van der Waals surface area contributed by atoms with Crippen LogP contribution in [-0.4, -0.2) is 38.6 Å². The molecule has 0 aromatic carbocycles. The van der Waals surface area contributed by atoms with Crippen molar-refractivity contribution >= 4 is 22.9 Å². The molecule has 0 aliphatic carbocycles. The van der Waals surface area contributed by atoms with Crippen molar-refractivity contribution in [2.75, 3.05) is 19.5 Å². The van der Waals surface area contributed by atoms with Gasteiger partial charge in [0.15, 0.2) is 16.3 Å².